The van der Waals surface area contributed by atoms with E-state index in [1.807, 2.05) is 28.8 Å². The van der Waals surface area contributed by atoms with Crippen LogP contribution in [0.15, 0.2) is 78.2 Å². The van der Waals surface area contributed by atoms with Gasteiger partial charge in [-0.25, -0.2) is 0 Å². The number of pyridine rings is 1. The molecule has 0 saturated heterocycles. The summed E-state index contributed by atoms with van der Waals surface area (Å²) < 4.78 is 1.89. The van der Waals surface area contributed by atoms with Gasteiger partial charge in [-0.05, 0) is 61.5 Å². The maximum absolute atomic E-state index is 12.8. The second-order valence-corrected chi connectivity index (χ2v) is 8.54. The van der Waals surface area contributed by atoms with Crippen LogP contribution in [0, 0.1) is 11.3 Å². The van der Waals surface area contributed by atoms with E-state index in [4.69, 9.17) is 16.9 Å². The van der Waals surface area contributed by atoms with Gasteiger partial charge in [0.2, 0.25) is 5.91 Å². The zero-order chi connectivity index (χ0) is 22.5. The number of carbonyl (C=O) groups is 1. The topological polar surface area (TPSA) is 96.5 Å². The van der Waals surface area contributed by atoms with Gasteiger partial charge in [-0.15, -0.1) is 10.2 Å². The summed E-state index contributed by atoms with van der Waals surface area (Å²) >= 11 is 7.35. The molecule has 0 radical (unpaired) electrons. The maximum atomic E-state index is 12.8. The van der Waals surface area contributed by atoms with Crippen molar-refractivity contribution in [3.63, 3.8) is 0 Å². The number of anilines is 1. The molecule has 0 aliphatic rings. The highest BCUT2D eigenvalue weighted by Gasteiger charge is 2.22. The minimum atomic E-state index is -0.471. The summed E-state index contributed by atoms with van der Waals surface area (Å²) in [5.41, 5.74) is 2.72. The van der Waals surface area contributed by atoms with Gasteiger partial charge in [0, 0.05) is 34.4 Å². The Morgan fingerprint density at radius 1 is 1.12 bits per heavy atom. The van der Waals surface area contributed by atoms with E-state index in [1.165, 1.54) is 11.8 Å². The van der Waals surface area contributed by atoms with E-state index < -0.39 is 5.25 Å². The second kappa shape index (κ2) is 9.64. The predicted octanol–water partition coefficient (Wildman–Crippen LogP) is 4.97. The van der Waals surface area contributed by atoms with Crippen molar-refractivity contribution >= 4 is 35.0 Å². The fourth-order valence-corrected chi connectivity index (χ4v) is 3.97. The van der Waals surface area contributed by atoms with Crippen molar-refractivity contribution in [1.29, 1.82) is 5.26 Å². The molecule has 2 aromatic heterocycles. The summed E-state index contributed by atoms with van der Waals surface area (Å²) in [6.07, 6.45) is 3.38. The van der Waals surface area contributed by atoms with Crippen molar-refractivity contribution in [2.75, 3.05) is 5.32 Å². The average Bonchev–Trinajstić information content (AvgIpc) is 3.23. The molecule has 4 rings (SSSR count). The van der Waals surface area contributed by atoms with Crippen LogP contribution in [0.4, 0.5) is 5.69 Å². The molecule has 2 heterocycles. The van der Waals surface area contributed by atoms with Gasteiger partial charge in [-0.2, -0.15) is 5.26 Å². The van der Waals surface area contributed by atoms with Crippen LogP contribution in [-0.2, 0) is 4.79 Å². The fourth-order valence-electron chi connectivity index (χ4n) is 2.98. The monoisotopic (exact) mass is 460 g/mol. The van der Waals surface area contributed by atoms with Crippen LogP contribution in [0.25, 0.3) is 17.1 Å². The largest absolute Gasteiger partial charge is 0.325 e. The lowest BCUT2D eigenvalue weighted by Gasteiger charge is -2.14. The minimum Gasteiger partial charge on any atom is -0.325 e. The Bertz CT molecular complexity index is 1280. The van der Waals surface area contributed by atoms with Crippen molar-refractivity contribution in [1.82, 2.24) is 19.7 Å². The number of nitrogens with one attached hydrogen (secondary N) is 1. The van der Waals surface area contributed by atoms with E-state index >= 15 is 0 Å². The zero-order valence-electron chi connectivity index (χ0n) is 16.9. The van der Waals surface area contributed by atoms with E-state index in [0.29, 0.717) is 27.3 Å². The van der Waals surface area contributed by atoms with E-state index in [-0.39, 0.29) is 5.91 Å². The first kappa shape index (κ1) is 21.6. The molecular weight excluding hydrogens is 444 g/mol. The van der Waals surface area contributed by atoms with Gasteiger partial charge in [0.15, 0.2) is 11.0 Å². The Balaban J connectivity index is 1.63. The maximum Gasteiger partial charge on any atom is 0.237 e. The van der Waals surface area contributed by atoms with Gasteiger partial charge < -0.3 is 5.32 Å². The van der Waals surface area contributed by atoms with Crippen LogP contribution in [0.1, 0.15) is 12.5 Å². The van der Waals surface area contributed by atoms with Crippen LogP contribution in [0.2, 0.25) is 5.02 Å². The first-order valence-electron chi connectivity index (χ1n) is 9.64. The molecule has 32 heavy (non-hydrogen) atoms. The molecule has 9 heteroatoms. The van der Waals surface area contributed by atoms with Crippen LogP contribution in [0.3, 0.4) is 0 Å². The third-order valence-corrected chi connectivity index (χ3v) is 5.86. The molecule has 0 fully saturated rings. The van der Waals surface area contributed by atoms with Crippen LogP contribution >= 0.6 is 23.4 Å². The highest BCUT2D eigenvalue weighted by atomic mass is 35.5. The molecular formula is C23H17ClN6OS. The Labute approximate surface area is 194 Å². The van der Waals surface area contributed by atoms with Crippen LogP contribution in [0.5, 0.6) is 0 Å². The van der Waals surface area contributed by atoms with Crippen molar-refractivity contribution in [3.05, 3.63) is 83.6 Å². The van der Waals surface area contributed by atoms with Gasteiger partial charge in [-0.1, -0.05) is 29.4 Å². The lowest BCUT2D eigenvalue weighted by Crippen LogP contribution is -2.23. The number of nitriles is 1. The predicted molar refractivity (Wildman–Crippen MR) is 125 cm³/mol. The molecule has 1 amide bonds. The number of amides is 1. The normalized spacial score (nSPS) is 11.5. The highest BCUT2D eigenvalue weighted by molar-refractivity contribution is 8.00. The van der Waals surface area contributed by atoms with Crippen molar-refractivity contribution in [2.24, 2.45) is 0 Å². The summed E-state index contributed by atoms with van der Waals surface area (Å²) in [7, 11) is 0. The molecule has 0 aliphatic heterocycles. The Hall–Kier alpha value is -3.67. The molecule has 1 atom stereocenters. The van der Waals surface area contributed by atoms with E-state index in [0.717, 1.165) is 11.3 Å². The molecule has 2 aromatic carbocycles. The standard InChI is InChI=1S/C23H17ClN6OS/c1-15(22(31)27-19-4-2-3-16(13-19)14-25)32-23-29-28-21(17-9-11-26-12-10-17)30(23)20-7-5-18(24)6-8-20/h2-13,15H,1H3,(H,27,31). The van der Waals surface area contributed by atoms with E-state index in [1.54, 1.807) is 55.7 Å². The van der Waals surface area contributed by atoms with Crippen molar-refractivity contribution in [3.8, 4) is 23.1 Å². The van der Waals surface area contributed by atoms with Crippen LogP contribution in [-0.4, -0.2) is 30.9 Å². The molecule has 0 spiro atoms. The smallest absolute Gasteiger partial charge is 0.237 e. The Kier molecular flexibility index (Phi) is 6.50. The number of hydrogen-bond acceptors (Lipinski definition) is 6. The highest BCUT2D eigenvalue weighted by Crippen LogP contribution is 2.31. The number of rotatable bonds is 6. The second-order valence-electron chi connectivity index (χ2n) is 6.80. The number of thioether (sulfide) groups is 1. The average molecular weight is 461 g/mol. The SMILES string of the molecule is CC(Sc1nnc(-c2ccncc2)n1-c1ccc(Cl)cc1)C(=O)Nc1cccc(C#N)c1. The summed E-state index contributed by atoms with van der Waals surface area (Å²) in [5, 5.41) is 21.3. The number of halogens is 1. The summed E-state index contributed by atoms with van der Waals surface area (Å²) in [5.74, 6) is 0.424. The van der Waals surface area contributed by atoms with Crippen molar-refractivity contribution in [2.45, 2.75) is 17.3 Å². The Morgan fingerprint density at radius 3 is 2.59 bits per heavy atom. The molecule has 1 unspecified atom stereocenters. The van der Waals surface area contributed by atoms with E-state index in [9.17, 15) is 4.79 Å². The Morgan fingerprint density at radius 2 is 1.88 bits per heavy atom. The third-order valence-electron chi connectivity index (χ3n) is 4.57. The molecule has 0 saturated carbocycles. The van der Waals surface area contributed by atoms with Gasteiger partial charge in [0.1, 0.15) is 0 Å². The summed E-state index contributed by atoms with van der Waals surface area (Å²) in [6.45, 7) is 1.79. The van der Waals surface area contributed by atoms with Gasteiger partial charge in [0.05, 0.1) is 16.9 Å². The number of benzene rings is 2. The number of carbonyl (C=O) groups excluding carboxylic acids is 1. The lowest BCUT2D eigenvalue weighted by atomic mass is 10.2. The first-order chi connectivity index (χ1) is 15.5. The first-order valence-corrected chi connectivity index (χ1v) is 10.9. The van der Waals surface area contributed by atoms with Crippen LogP contribution < -0.4 is 5.32 Å². The quantitative estimate of drug-likeness (QED) is 0.408. The lowest BCUT2D eigenvalue weighted by molar-refractivity contribution is -0.115. The summed E-state index contributed by atoms with van der Waals surface area (Å²) in [6, 6.07) is 19.9. The molecule has 158 valence electrons. The van der Waals surface area contributed by atoms with Gasteiger partial charge >= 0.3 is 0 Å². The molecule has 7 nitrogen and oxygen atoms in total. The minimum absolute atomic E-state index is 0.207. The zero-order valence-corrected chi connectivity index (χ0v) is 18.5. The third kappa shape index (κ3) is 4.80. The molecule has 1 N–H and O–H groups in total. The molecule has 4 aromatic rings. The van der Waals surface area contributed by atoms with Crippen molar-refractivity contribution < 1.29 is 4.79 Å². The van der Waals surface area contributed by atoms with Gasteiger partial charge in [-0.3, -0.25) is 14.3 Å². The molecule has 0 bridgehead atoms. The van der Waals surface area contributed by atoms with Gasteiger partial charge in [0.25, 0.3) is 0 Å². The fraction of sp³-hybridized carbons (Fsp3) is 0.0870. The number of aromatic nitrogens is 4. The number of nitrogens with zero attached hydrogens (tertiary/aromatic N) is 5. The van der Waals surface area contributed by atoms with E-state index in [2.05, 4.69) is 26.6 Å². The summed E-state index contributed by atoms with van der Waals surface area (Å²) in [4.78, 5) is 16.9. The number of hydrogen-bond donors (Lipinski definition) is 1. The molecule has 0 aliphatic carbocycles.